The Kier molecular flexibility index (Phi) is 3.93. The van der Waals surface area contributed by atoms with E-state index in [9.17, 15) is 5.11 Å². The first-order valence-electron chi connectivity index (χ1n) is 4.83. The standard InChI is InChI=1S/C11H11BrN2OS/c12-9-3-1-2-8(11(9)15)6-13-7-10-14-4-5-16-10/h1-5,13,15H,6-7H2. The number of nitrogens with one attached hydrogen (secondary N) is 1. The van der Waals surface area contributed by atoms with Gasteiger partial charge < -0.3 is 10.4 Å². The smallest absolute Gasteiger partial charge is 0.134 e. The summed E-state index contributed by atoms with van der Waals surface area (Å²) in [7, 11) is 0. The van der Waals surface area contributed by atoms with Gasteiger partial charge in [-0.05, 0) is 22.0 Å². The number of hydrogen-bond acceptors (Lipinski definition) is 4. The fourth-order valence-corrected chi connectivity index (χ4v) is 2.34. The highest BCUT2D eigenvalue weighted by Gasteiger charge is 2.04. The molecule has 2 rings (SSSR count). The minimum atomic E-state index is 0.300. The van der Waals surface area contributed by atoms with Crippen molar-refractivity contribution in [1.29, 1.82) is 0 Å². The minimum Gasteiger partial charge on any atom is -0.506 e. The summed E-state index contributed by atoms with van der Waals surface area (Å²) in [6.07, 6.45) is 1.79. The van der Waals surface area contributed by atoms with Crippen molar-refractivity contribution in [2.45, 2.75) is 13.1 Å². The lowest BCUT2D eigenvalue weighted by atomic mass is 10.2. The van der Waals surface area contributed by atoms with E-state index in [1.807, 2.05) is 23.6 Å². The van der Waals surface area contributed by atoms with Gasteiger partial charge in [-0.15, -0.1) is 11.3 Å². The van der Waals surface area contributed by atoms with E-state index in [1.54, 1.807) is 17.5 Å². The van der Waals surface area contributed by atoms with E-state index in [-0.39, 0.29) is 0 Å². The molecule has 1 heterocycles. The second kappa shape index (κ2) is 5.43. The maximum absolute atomic E-state index is 9.75. The molecule has 3 nitrogen and oxygen atoms in total. The molecule has 1 aromatic carbocycles. The number of aromatic hydroxyl groups is 1. The second-order valence-corrected chi connectivity index (χ2v) is 5.11. The SMILES string of the molecule is Oc1c(Br)cccc1CNCc1nccs1. The Morgan fingerprint density at radius 3 is 3.00 bits per heavy atom. The van der Waals surface area contributed by atoms with Crippen molar-refractivity contribution in [2.24, 2.45) is 0 Å². The van der Waals surface area contributed by atoms with Gasteiger partial charge in [0.25, 0.3) is 0 Å². The quantitative estimate of drug-likeness (QED) is 0.912. The minimum absolute atomic E-state index is 0.300. The molecule has 1 aromatic heterocycles. The molecule has 0 saturated heterocycles. The Morgan fingerprint density at radius 1 is 1.38 bits per heavy atom. The maximum Gasteiger partial charge on any atom is 0.134 e. The predicted octanol–water partition coefficient (Wildman–Crippen LogP) is 2.90. The zero-order valence-electron chi connectivity index (χ0n) is 8.48. The summed E-state index contributed by atoms with van der Waals surface area (Å²) in [4.78, 5) is 4.17. The summed E-state index contributed by atoms with van der Waals surface area (Å²) in [6, 6.07) is 5.62. The molecular formula is C11H11BrN2OS. The number of nitrogens with zero attached hydrogens (tertiary/aromatic N) is 1. The third-order valence-corrected chi connectivity index (χ3v) is 3.57. The Balaban J connectivity index is 1.92. The maximum atomic E-state index is 9.75. The summed E-state index contributed by atoms with van der Waals surface area (Å²) < 4.78 is 0.723. The molecule has 0 aliphatic carbocycles. The number of rotatable bonds is 4. The van der Waals surface area contributed by atoms with Crippen molar-refractivity contribution in [3.05, 3.63) is 44.8 Å². The number of phenols is 1. The summed E-state index contributed by atoms with van der Waals surface area (Å²) >= 11 is 4.91. The lowest BCUT2D eigenvalue weighted by molar-refractivity contribution is 0.461. The van der Waals surface area contributed by atoms with Crippen LogP contribution in [0.2, 0.25) is 0 Å². The van der Waals surface area contributed by atoms with E-state index in [1.165, 1.54) is 0 Å². The molecule has 0 fully saturated rings. The highest BCUT2D eigenvalue weighted by atomic mass is 79.9. The van der Waals surface area contributed by atoms with Crippen LogP contribution in [0.4, 0.5) is 0 Å². The Labute approximate surface area is 106 Å². The van der Waals surface area contributed by atoms with E-state index >= 15 is 0 Å². The molecule has 0 bridgehead atoms. The number of para-hydroxylation sites is 1. The molecule has 5 heteroatoms. The normalized spacial score (nSPS) is 10.6. The van der Waals surface area contributed by atoms with Crippen molar-refractivity contribution in [3.8, 4) is 5.75 Å². The number of phenolic OH excluding ortho intramolecular Hbond substituents is 1. The number of thiazole rings is 1. The monoisotopic (exact) mass is 298 g/mol. The largest absolute Gasteiger partial charge is 0.506 e. The molecule has 2 aromatic rings. The van der Waals surface area contributed by atoms with Crippen molar-refractivity contribution in [2.75, 3.05) is 0 Å². The first-order chi connectivity index (χ1) is 7.77. The Hall–Kier alpha value is -0.910. The van der Waals surface area contributed by atoms with E-state index in [0.717, 1.165) is 21.6 Å². The molecular weight excluding hydrogens is 288 g/mol. The number of hydrogen-bond donors (Lipinski definition) is 2. The van der Waals surface area contributed by atoms with Crippen LogP contribution in [0, 0.1) is 0 Å². The Bertz CT molecular complexity index is 459. The van der Waals surface area contributed by atoms with Gasteiger partial charge in [-0.3, -0.25) is 0 Å². The second-order valence-electron chi connectivity index (χ2n) is 3.28. The number of benzene rings is 1. The topological polar surface area (TPSA) is 45.1 Å². The first-order valence-corrected chi connectivity index (χ1v) is 6.50. The van der Waals surface area contributed by atoms with Crippen molar-refractivity contribution < 1.29 is 5.11 Å². The fraction of sp³-hybridized carbons (Fsp3) is 0.182. The molecule has 0 spiro atoms. The highest BCUT2D eigenvalue weighted by Crippen LogP contribution is 2.27. The molecule has 0 amide bonds. The lowest BCUT2D eigenvalue weighted by Crippen LogP contribution is -2.12. The molecule has 0 aliphatic heterocycles. The predicted molar refractivity (Wildman–Crippen MR) is 68.5 cm³/mol. The molecule has 0 saturated carbocycles. The zero-order valence-corrected chi connectivity index (χ0v) is 10.9. The summed E-state index contributed by atoms with van der Waals surface area (Å²) in [6.45, 7) is 1.36. The molecule has 0 radical (unpaired) electrons. The van der Waals surface area contributed by atoms with Crippen LogP contribution in [0.5, 0.6) is 5.75 Å². The van der Waals surface area contributed by atoms with Crippen LogP contribution < -0.4 is 5.32 Å². The Morgan fingerprint density at radius 2 is 2.25 bits per heavy atom. The summed E-state index contributed by atoms with van der Waals surface area (Å²) in [5, 5.41) is 16.0. The van der Waals surface area contributed by atoms with E-state index in [2.05, 4.69) is 26.2 Å². The molecule has 0 atom stereocenters. The van der Waals surface area contributed by atoms with E-state index in [0.29, 0.717) is 12.3 Å². The van der Waals surface area contributed by atoms with Crippen LogP contribution in [0.15, 0.2) is 34.2 Å². The van der Waals surface area contributed by atoms with Crippen LogP contribution in [-0.2, 0) is 13.1 Å². The number of halogens is 1. The lowest BCUT2D eigenvalue weighted by Gasteiger charge is -2.06. The van der Waals surface area contributed by atoms with Gasteiger partial charge in [-0.1, -0.05) is 12.1 Å². The molecule has 2 N–H and O–H groups in total. The van der Waals surface area contributed by atoms with Gasteiger partial charge >= 0.3 is 0 Å². The van der Waals surface area contributed by atoms with Gasteiger partial charge in [-0.2, -0.15) is 0 Å². The third-order valence-electron chi connectivity index (χ3n) is 2.15. The van der Waals surface area contributed by atoms with Crippen LogP contribution >= 0.6 is 27.3 Å². The average molecular weight is 299 g/mol. The summed E-state index contributed by atoms with van der Waals surface area (Å²) in [5.41, 5.74) is 0.880. The van der Waals surface area contributed by atoms with Crippen LogP contribution in [0.3, 0.4) is 0 Å². The van der Waals surface area contributed by atoms with Gasteiger partial charge in [0.2, 0.25) is 0 Å². The van der Waals surface area contributed by atoms with Crippen molar-refractivity contribution >= 4 is 27.3 Å². The van der Waals surface area contributed by atoms with Crippen LogP contribution in [-0.4, -0.2) is 10.1 Å². The molecule has 16 heavy (non-hydrogen) atoms. The van der Waals surface area contributed by atoms with Gasteiger partial charge in [0.05, 0.1) is 4.47 Å². The molecule has 0 unspecified atom stereocenters. The first kappa shape index (κ1) is 11.6. The summed E-state index contributed by atoms with van der Waals surface area (Å²) in [5.74, 6) is 0.300. The van der Waals surface area contributed by atoms with Gasteiger partial charge in [-0.25, -0.2) is 4.98 Å². The average Bonchev–Trinajstić information content (AvgIpc) is 2.77. The third kappa shape index (κ3) is 2.81. The fourth-order valence-electron chi connectivity index (χ4n) is 1.35. The number of aromatic nitrogens is 1. The zero-order chi connectivity index (χ0) is 11.4. The van der Waals surface area contributed by atoms with Gasteiger partial charge in [0.1, 0.15) is 10.8 Å². The van der Waals surface area contributed by atoms with E-state index in [4.69, 9.17) is 0 Å². The van der Waals surface area contributed by atoms with Crippen molar-refractivity contribution in [3.63, 3.8) is 0 Å². The highest BCUT2D eigenvalue weighted by molar-refractivity contribution is 9.10. The van der Waals surface area contributed by atoms with Gasteiger partial charge in [0.15, 0.2) is 0 Å². The van der Waals surface area contributed by atoms with Crippen LogP contribution in [0.1, 0.15) is 10.6 Å². The van der Waals surface area contributed by atoms with Crippen molar-refractivity contribution in [1.82, 2.24) is 10.3 Å². The van der Waals surface area contributed by atoms with Gasteiger partial charge in [0, 0.05) is 30.2 Å². The molecule has 0 aliphatic rings. The van der Waals surface area contributed by atoms with Crippen LogP contribution in [0.25, 0.3) is 0 Å². The van der Waals surface area contributed by atoms with E-state index < -0.39 is 0 Å². The molecule has 84 valence electrons.